The fourth-order valence-corrected chi connectivity index (χ4v) is 1.42. The van der Waals surface area contributed by atoms with E-state index in [1.165, 1.54) is 0 Å². The van der Waals surface area contributed by atoms with Gasteiger partial charge in [0, 0.05) is 29.9 Å². The third-order valence-electron chi connectivity index (χ3n) is 2.36. The van der Waals surface area contributed by atoms with Gasteiger partial charge in [-0.1, -0.05) is 20.8 Å². The van der Waals surface area contributed by atoms with E-state index in [0.717, 1.165) is 11.4 Å². The second-order valence-corrected chi connectivity index (χ2v) is 5.41. The standard InChI is InChI=1S/C13H22N4O/c1-9-8-10(2)17-12(16-9)15-7-6-14-11(18)13(3,4)5/h8H,6-7H2,1-5H3,(H,14,18)(H,15,16,17). The van der Waals surface area contributed by atoms with Gasteiger partial charge in [0.2, 0.25) is 11.9 Å². The molecular formula is C13H22N4O. The van der Waals surface area contributed by atoms with Crippen molar-refractivity contribution in [2.75, 3.05) is 18.4 Å². The van der Waals surface area contributed by atoms with Crippen LogP contribution in [0, 0.1) is 19.3 Å². The van der Waals surface area contributed by atoms with Crippen molar-refractivity contribution in [2.24, 2.45) is 5.41 Å². The van der Waals surface area contributed by atoms with Gasteiger partial charge in [-0.3, -0.25) is 4.79 Å². The van der Waals surface area contributed by atoms with E-state index >= 15 is 0 Å². The van der Waals surface area contributed by atoms with Crippen LogP contribution in [0.25, 0.3) is 0 Å². The summed E-state index contributed by atoms with van der Waals surface area (Å²) in [6.45, 7) is 10.7. The molecule has 2 N–H and O–H groups in total. The van der Waals surface area contributed by atoms with Gasteiger partial charge in [-0.15, -0.1) is 0 Å². The third-order valence-corrected chi connectivity index (χ3v) is 2.36. The van der Waals surface area contributed by atoms with Crippen LogP contribution in [0.3, 0.4) is 0 Å². The summed E-state index contributed by atoms with van der Waals surface area (Å²) in [4.78, 5) is 20.1. The monoisotopic (exact) mass is 250 g/mol. The molecule has 1 amide bonds. The molecule has 1 heterocycles. The maximum absolute atomic E-state index is 11.6. The summed E-state index contributed by atoms with van der Waals surface area (Å²) in [6.07, 6.45) is 0. The molecule has 0 radical (unpaired) electrons. The molecule has 0 spiro atoms. The summed E-state index contributed by atoms with van der Waals surface area (Å²) in [6, 6.07) is 1.92. The highest BCUT2D eigenvalue weighted by atomic mass is 16.2. The smallest absolute Gasteiger partial charge is 0.225 e. The largest absolute Gasteiger partial charge is 0.354 e. The Morgan fingerprint density at radius 2 is 1.72 bits per heavy atom. The average molecular weight is 250 g/mol. The van der Waals surface area contributed by atoms with Gasteiger partial charge in [-0.05, 0) is 19.9 Å². The fourth-order valence-electron chi connectivity index (χ4n) is 1.42. The van der Waals surface area contributed by atoms with Crippen molar-refractivity contribution in [1.29, 1.82) is 0 Å². The van der Waals surface area contributed by atoms with E-state index < -0.39 is 0 Å². The maximum Gasteiger partial charge on any atom is 0.225 e. The molecule has 0 aromatic carbocycles. The summed E-state index contributed by atoms with van der Waals surface area (Å²) in [5, 5.41) is 5.96. The van der Waals surface area contributed by atoms with Crippen LogP contribution in [0.1, 0.15) is 32.2 Å². The number of aromatic nitrogens is 2. The summed E-state index contributed by atoms with van der Waals surface area (Å²) in [5.41, 5.74) is 1.52. The molecule has 0 atom stereocenters. The zero-order valence-corrected chi connectivity index (χ0v) is 11.8. The van der Waals surface area contributed by atoms with Gasteiger partial charge < -0.3 is 10.6 Å². The van der Waals surface area contributed by atoms with E-state index in [9.17, 15) is 4.79 Å². The first-order valence-corrected chi connectivity index (χ1v) is 6.13. The molecule has 0 unspecified atom stereocenters. The molecule has 1 rings (SSSR count). The minimum atomic E-state index is -0.351. The van der Waals surface area contributed by atoms with Gasteiger partial charge >= 0.3 is 0 Å². The third kappa shape index (κ3) is 4.69. The Labute approximate surface area is 108 Å². The average Bonchev–Trinajstić information content (AvgIpc) is 2.21. The second-order valence-electron chi connectivity index (χ2n) is 5.41. The molecule has 18 heavy (non-hydrogen) atoms. The zero-order chi connectivity index (χ0) is 13.8. The van der Waals surface area contributed by atoms with Gasteiger partial charge in [0.25, 0.3) is 0 Å². The molecule has 100 valence electrons. The Kier molecular flexibility index (Phi) is 4.64. The van der Waals surface area contributed by atoms with Crippen molar-refractivity contribution in [2.45, 2.75) is 34.6 Å². The van der Waals surface area contributed by atoms with Crippen molar-refractivity contribution in [1.82, 2.24) is 15.3 Å². The van der Waals surface area contributed by atoms with Crippen molar-refractivity contribution in [3.05, 3.63) is 17.5 Å². The van der Waals surface area contributed by atoms with E-state index in [-0.39, 0.29) is 11.3 Å². The van der Waals surface area contributed by atoms with Crippen molar-refractivity contribution >= 4 is 11.9 Å². The Morgan fingerprint density at radius 1 is 1.17 bits per heavy atom. The minimum Gasteiger partial charge on any atom is -0.354 e. The summed E-state index contributed by atoms with van der Waals surface area (Å²) >= 11 is 0. The summed E-state index contributed by atoms with van der Waals surface area (Å²) in [5.74, 6) is 0.656. The number of nitrogens with zero attached hydrogens (tertiary/aromatic N) is 2. The van der Waals surface area contributed by atoms with Gasteiger partial charge in [-0.2, -0.15) is 0 Å². The molecule has 5 heteroatoms. The van der Waals surface area contributed by atoms with E-state index in [0.29, 0.717) is 19.0 Å². The van der Waals surface area contributed by atoms with Gasteiger partial charge in [0.1, 0.15) is 0 Å². The highest BCUT2D eigenvalue weighted by Gasteiger charge is 2.20. The number of carbonyl (C=O) groups excluding carboxylic acids is 1. The molecule has 5 nitrogen and oxygen atoms in total. The highest BCUT2D eigenvalue weighted by molar-refractivity contribution is 5.81. The topological polar surface area (TPSA) is 66.9 Å². The van der Waals surface area contributed by atoms with Crippen molar-refractivity contribution in [3.63, 3.8) is 0 Å². The first-order chi connectivity index (χ1) is 8.29. The van der Waals surface area contributed by atoms with Crippen LogP contribution >= 0.6 is 0 Å². The lowest BCUT2D eigenvalue weighted by Crippen LogP contribution is -2.37. The van der Waals surface area contributed by atoms with E-state index in [1.807, 2.05) is 40.7 Å². The molecule has 0 fully saturated rings. The molecule has 0 aliphatic rings. The fraction of sp³-hybridized carbons (Fsp3) is 0.615. The van der Waals surface area contributed by atoms with Gasteiger partial charge in [-0.25, -0.2) is 9.97 Å². The van der Waals surface area contributed by atoms with Crippen LogP contribution in [0.15, 0.2) is 6.07 Å². The lowest BCUT2D eigenvalue weighted by molar-refractivity contribution is -0.128. The highest BCUT2D eigenvalue weighted by Crippen LogP contribution is 2.11. The van der Waals surface area contributed by atoms with Crippen LogP contribution in [0.5, 0.6) is 0 Å². The maximum atomic E-state index is 11.6. The number of anilines is 1. The Morgan fingerprint density at radius 3 is 2.22 bits per heavy atom. The molecule has 0 saturated carbocycles. The number of aryl methyl sites for hydroxylation is 2. The van der Waals surface area contributed by atoms with Crippen LogP contribution in [0.2, 0.25) is 0 Å². The normalized spacial score (nSPS) is 11.2. The quantitative estimate of drug-likeness (QED) is 0.798. The number of rotatable bonds is 4. The van der Waals surface area contributed by atoms with Crippen LogP contribution in [-0.4, -0.2) is 29.0 Å². The summed E-state index contributed by atoms with van der Waals surface area (Å²) in [7, 11) is 0. The Bertz CT molecular complexity index is 403. The Hall–Kier alpha value is -1.65. The summed E-state index contributed by atoms with van der Waals surface area (Å²) < 4.78 is 0. The van der Waals surface area contributed by atoms with E-state index in [1.54, 1.807) is 0 Å². The zero-order valence-electron chi connectivity index (χ0n) is 11.8. The lowest BCUT2D eigenvalue weighted by atomic mass is 9.96. The van der Waals surface area contributed by atoms with Crippen molar-refractivity contribution in [3.8, 4) is 0 Å². The first-order valence-electron chi connectivity index (χ1n) is 6.13. The number of amides is 1. The van der Waals surface area contributed by atoms with Crippen LogP contribution in [0.4, 0.5) is 5.95 Å². The molecule has 0 bridgehead atoms. The molecule has 0 aliphatic carbocycles. The van der Waals surface area contributed by atoms with E-state index in [2.05, 4.69) is 20.6 Å². The van der Waals surface area contributed by atoms with Crippen LogP contribution in [-0.2, 0) is 4.79 Å². The molecule has 1 aromatic heterocycles. The molecule has 1 aromatic rings. The number of carbonyl (C=O) groups is 1. The molecule has 0 aliphatic heterocycles. The van der Waals surface area contributed by atoms with Gasteiger partial charge in [0.05, 0.1) is 0 Å². The van der Waals surface area contributed by atoms with E-state index in [4.69, 9.17) is 0 Å². The Balaban J connectivity index is 2.36. The van der Waals surface area contributed by atoms with Crippen LogP contribution < -0.4 is 10.6 Å². The SMILES string of the molecule is Cc1cc(C)nc(NCCNC(=O)C(C)(C)C)n1. The minimum absolute atomic E-state index is 0.0469. The predicted molar refractivity (Wildman–Crippen MR) is 72.5 cm³/mol. The second kappa shape index (κ2) is 5.80. The van der Waals surface area contributed by atoms with Gasteiger partial charge in [0.15, 0.2) is 0 Å². The van der Waals surface area contributed by atoms with Crippen molar-refractivity contribution < 1.29 is 4.79 Å². The molecular weight excluding hydrogens is 228 g/mol. The number of hydrogen-bond acceptors (Lipinski definition) is 4. The first kappa shape index (κ1) is 14.4. The predicted octanol–water partition coefficient (Wildman–Crippen LogP) is 1.67. The number of hydrogen-bond donors (Lipinski definition) is 2. The lowest BCUT2D eigenvalue weighted by Gasteiger charge is -2.17. The molecule has 0 saturated heterocycles. The number of nitrogens with one attached hydrogen (secondary N) is 2.